The number of hydrogen-bond donors (Lipinski definition) is 1. The van der Waals surface area contributed by atoms with E-state index in [2.05, 4.69) is 5.32 Å². The standard InChI is InChI=1S/C22H30N2O4S/c1-17-10-5-7-12-20(17)24(29(4,26)27)15-9-14-22(25)23-19(3)16-28-21-13-8-6-11-18(21)2/h5-8,10-13,19H,9,14-16H2,1-4H3,(H,23,25)/t19-/m0/s1. The Morgan fingerprint density at radius 1 is 1.07 bits per heavy atom. The molecule has 6 nitrogen and oxygen atoms in total. The van der Waals surface area contributed by atoms with Crippen LogP contribution in [0.25, 0.3) is 0 Å². The lowest BCUT2D eigenvalue weighted by atomic mass is 10.2. The molecule has 0 aromatic heterocycles. The summed E-state index contributed by atoms with van der Waals surface area (Å²) >= 11 is 0. The first-order valence-corrected chi connectivity index (χ1v) is 11.5. The summed E-state index contributed by atoms with van der Waals surface area (Å²) in [6, 6.07) is 14.9. The van der Waals surface area contributed by atoms with E-state index in [4.69, 9.17) is 4.74 Å². The van der Waals surface area contributed by atoms with Crippen LogP contribution in [0.5, 0.6) is 5.75 Å². The fourth-order valence-corrected chi connectivity index (χ4v) is 4.04. The van der Waals surface area contributed by atoms with Crippen LogP contribution in [0.3, 0.4) is 0 Å². The van der Waals surface area contributed by atoms with Crippen LogP contribution in [0.2, 0.25) is 0 Å². The molecular formula is C22H30N2O4S. The molecule has 7 heteroatoms. The molecule has 1 N–H and O–H groups in total. The zero-order chi connectivity index (χ0) is 21.4. The second kappa shape index (κ2) is 10.3. The summed E-state index contributed by atoms with van der Waals surface area (Å²) < 4.78 is 31.5. The molecule has 0 heterocycles. The molecule has 2 rings (SSSR count). The number of amides is 1. The van der Waals surface area contributed by atoms with E-state index in [0.29, 0.717) is 18.7 Å². The highest BCUT2D eigenvalue weighted by Crippen LogP contribution is 2.22. The topological polar surface area (TPSA) is 75.7 Å². The molecule has 0 fully saturated rings. The molecule has 0 unspecified atom stereocenters. The van der Waals surface area contributed by atoms with Crippen LogP contribution in [-0.4, -0.2) is 39.8 Å². The van der Waals surface area contributed by atoms with Gasteiger partial charge in [0.25, 0.3) is 0 Å². The van der Waals surface area contributed by atoms with Gasteiger partial charge in [-0.15, -0.1) is 0 Å². The fraction of sp³-hybridized carbons (Fsp3) is 0.409. The maximum absolute atomic E-state index is 12.2. The van der Waals surface area contributed by atoms with Gasteiger partial charge in [0.1, 0.15) is 12.4 Å². The van der Waals surface area contributed by atoms with E-state index in [1.54, 1.807) is 6.07 Å². The number of hydrogen-bond acceptors (Lipinski definition) is 4. The number of sulfonamides is 1. The Kier molecular flexibility index (Phi) is 8.08. The van der Waals surface area contributed by atoms with E-state index in [1.165, 1.54) is 10.6 Å². The van der Waals surface area contributed by atoms with Gasteiger partial charge in [-0.05, 0) is 50.5 Å². The SMILES string of the molecule is Cc1ccccc1OC[C@H](C)NC(=O)CCCN(c1ccccc1C)S(C)(=O)=O. The largest absolute Gasteiger partial charge is 0.491 e. The van der Waals surface area contributed by atoms with Gasteiger partial charge in [-0.3, -0.25) is 9.10 Å². The van der Waals surface area contributed by atoms with Gasteiger partial charge in [-0.2, -0.15) is 0 Å². The first kappa shape index (κ1) is 22.7. The van der Waals surface area contributed by atoms with Gasteiger partial charge in [-0.1, -0.05) is 36.4 Å². The molecule has 0 radical (unpaired) electrons. The molecule has 0 saturated heterocycles. The lowest BCUT2D eigenvalue weighted by Gasteiger charge is -2.24. The van der Waals surface area contributed by atoms with E-state index in [-0.39, 0.29) is 24.9 Å². The van der Waals surface area contributed by atoms with Gasteiger partial charge in [0, 0.05) is 13.0 Å². The molecular weight excluding hydrogens is 388 g/mol. The van der Waals surface area contributed by atoms with Crippen molar-refractivity contribution in [2.45, 2.75) is 39.7 Å². The molecule has 0 aliphatic rings. The number of benzene rings is 2. The van der Waals surface area contributed by atoms with E-state index in [9.17, 15) is 13.2 Å². The summed E-state index contributed by atoms with van der Waals surface area (Å²) in [5.74, 6) is 0.680. The molecule has 2 aromatic rings. The van der Waals surface area contributed by atoms with Gasteiger partial charge in [0.15, 0.2) is 0 Å². The minimum Gasteiger partial charge on any atom is -0.491 e. The lowest BCUT2D eigenvalue weighted by Crippen LogP contribution is -2.37. The second-order valence-corrected chi connectivity index (χ2v) is 9.18. The number of carbonyl (C=O) groups is 1. The molecule has 0 aliphatic heterocycles. The van der Waals surface area contributed by atoms with Crippen molar-refractivity contribution in [3.8, 4) is 5.75 Å². The van der Waals surface area contributed by atoms with Crippen molar-refractivity contribution in [2.75, 3.05) is 23.7 Å². The van der Waals surface area contributed by atoms with E-state index in [1.807, 2.05) is 63.2 Å². The maximum atomic E-state index is 12.2. The van der Waals surface area contributed by atoms with Gasteiger partial charge in [-0.25, -0.2) is 8.42 Å². The van der Waals surface area contributed by atoms with E-state index >= 15 is 0 Å². The molecule has 158 valence electrons. The van der Waals surface area contributed by atoms with Crippen LogP contribution in [0.15, 0.2) is 48.5 Å². The van der Waals surface area contributed by atoms with Crippen molar-refractivity contribution in [2.24, 2.45) is 0 Å². The Bertz CT molecular complexity index is 928. The zero-order valence-electron chi connectivity index (χ0n) is 17.5. The molecule has 0 spiro atoms. The van der Waals surface area contributed by atoms with Crippen molar-refractivity contribution in [3.63, 3.8) is 0 Å². The summed E-state index contributed by atoms with van der Waals surface area (Å²) in [6.07, 6.45) is 1.86. The Hall–Kier alpha value is -2.54. The van der Waals surface area contributed by atoms with Crippen LogP contribution >= 0.6 is 0 Å². The third-order valence-electron chi connectivity index (χ3n) is 4.54. The third kappa shape index (κ3) is 7.09. The van der Waals surface area contributed by atoms with Gasteiger partial charge < -0.3 is 10.1 Å². The van der Waals surface area contributed by atoms with Crippen LogP contribution < -0.4 is 14.4 Å². The number of carbonyl (C=O) groups excluding carboxylic acids is 1. The number of nitrogens with one attached hydrogen (secondary N) is 1. The molecule has 0 saturated carbocycles. The Labute approximate surface area is 173 Å². The monoisotopic (exact) mass is 418 g/mol. The Morgan fingerprint density at radius 3 is 2.31 bits per heavy atom. The molecule has 0 aliphatic carbocycles. The highest BCUT2D eigenvalue weighted by atomic mass is 32.2. The van der Waals surface area contributed by atoms with Crippen molar-refractivity contribution in [1.82, 2.24) is 5.32 Å². The van der Waals surface area contributed by atoms with E-state index < -0.39 is 10.0 Å². The molecule has 29 heavy (non-hydrogen) atoms. The van der Waals surface area contributed by atoms with Crippen LogP contribution in [0.1, 0.15) is 30.9 Å². The van der Waals surface area contributed by atoms with Gasteiger partial charge in [0.2, 0.25) is 15.9 Å². The number of para-hydroxylation sites is 2. The zero-order valence-corrected chi connectivity index (χ0v) is 18.3. The first-order chi connectivity index (χ1) is 13.7. The van der Waals surface area contributed by atoms with E-state index in [0.717, 1.165) is 16.9 Å². The minimum atomic E-state index is -3.42. The number of aryl methyl sites for hydroxylation is 2. The van der Waals surface area contributed by atoms with Crippen LogP contribution in [0, 0.1) is 13.8 Å². The molecule has 1 atom stereocenters. The quantitative estimate of drug-likeness (QED) is 0.641. The van der Waals surface area contributed by atoms with Crippen LogP contribution in [0.4, 0.5) is 5.69 Å². The van der Waals surface area contributed by atoms with Crippen molar-refractivity contribution in [3.05, 3.63) is 59.7 Å². The fourth-order valence-electron chi connectivity index (χ4n) is 3.01. The number of ether oxygens (including phenoxy) is 1. The van der Waals surface area contributed by atoms with Gasteiger partial charge in [0.05, 0.1) is 18.0 Å². The normalized spacial score (nSPS) is 12.3. The maximum Gasteiger partial charge on any atom is 0.232 e. The Morgan fingerprint density at radius 2 is 1.69 bits per heavy atom. The molecule has 2 aromatic carbocycles. The third-order valence-corrected chi connectivity index (χ3v) is 5.72. The lowest BCUT2D eigenvalue weighted by molar-refractivity contribution is -0.121. The highest BCUT2D eigenvalue weighted by Gasteiger charge is 2.19. The second-order valence-electron chi connectivity index (χ2n) is 7.27. The summed E-state index contributed by atoms with van der Waals surface area (Å²) in [5.41, 5.74) is 2.57. The number of nitrogens with zero attached hydrogens (tertiary/aromatic N) is 1. The van der Waals surface area contributed by atoms with Crippen molar-refractivity contribution in [1.29, 1.82) is 0 Å². The Balaban J connectivity index is 1.83. The number of anilines is 1. The minimum absolute atomic E-state index is 0.121. The average Bonchev–Trinajstić information content (AvgIpc) is 2.64. The highest BCUT2D eigenvalue weighted by molar-refractivity contribution is 7.92. The summed E-state index contributed by atoms with van der Waals surface area (Å²) in [4.78, 5) is 12.2. The summed E-state index contributed by atoms with van der Waals surface area (Å²) in [5, 5.41) is 2.90. The van der Waals surface area contributed by atoms with Crippen molar-refractivity contribution >= 4 is 21.6 Å². The number of rotatable bonds is 10. The smallest absolute Gasteiger partial charge is 0.232 e. The van der Waals surface area contributed by atoms with Gasteiger partial charge >= 0.3 is 0 Å². The molecule has 0 bridgehead atoms. The average molecular weight is 419 g/mol. The summed E-state index contributed by atoms with van der Waals surface area (Å²) in [6.45, 7) is 6.35. The van der Waals surface area contributed by atoms with Crippen LogP contribution in [-0.2, 0) is 14.8 Å². The first-order valence-electron chi connectivity index (χ1n) is 9.69. The summed E-state index contributed by atoms with van der Waals surface area (Å²) in [7, 11) is -3.42. The predicted octanol–water partition coefficient (Wildman–Crippen LogP) is 3.43. The molecule has 1 amide bonds. The predicted molar refractivity (Wildman–Crippen MR) is 117 cm³/mol. The van der Waals surface area contributed by atoms with Crippen molar-refractivity contribution < 1.29 is 17.9 Å².